The van der Waals surface area contributed by atoms with E-state index in [-0.39, 0.29) is 5.78 Å². The minimum absolute atomic E-state index is 0.0977. The van der Waals surface area contributed by atoms with Crippen LogP contribution in [0.5, 0.6) is 0 Å². The second-order valence-electron chi connectivity index (χ2n) is 4.87. The molecule has 3 rings (SSSR count). The Labute approximate surface area is 100 Å². The van der Waals surface area contributed by atoms with E-state index in [1.165, 1.54) is 0 Å². The van der Waals surface area contributed by atoms with Gasteiger partial charge >= 0.3 is 0 Å². The molecule has 0 aromatic heterocycles. The summed E-state index contributed by atoms with van der Waals surface area (Å²) in [5.41, 5.74) is 6.28. The van der Waals surface area contributed by atoms with Crippen LogP contribution in [0.3, 0.4) is 0 Å². The number of Topliss-reactive ketones (excluding diaryl/α,β-unsaturated/α-hetero) is 1. The highest BCUT2D eigenvalue weighted by atomic mass is 16.1. The fourth-order valence-corrected chi connectivity index (χ4v) is 2.48. The maximum Gasteiger partial charge on any atom is 0.183 e. The van der Waals surface area contributed by atoms with Crippen molar-refractivity contribution >= 4 is 16.6 Å². The second-order valence-corrected chi connectivity index (χ2v) is 4.87. The lowest BCUT2D eigenvalue weighted by molar-refractivity contribution is 0.0802. The summed E-state index contributed by atoms with van der Waals surface area (Å²) in [5.74, 6) is 0.0977. The van der Waals surface area contributed by atoms with E-state index in [1.807, 2.05) is 42.5 Å². The van der Waals surface area contributed by atoms with Crippen LogP contribution in [0.2, 0.25) is 0 Å². The molecule has 2 nitrogen and oxygen atoms in total. The number of hydrogen-bond acceptors (Lipinski definition) is 2. The Morgan fingerprint density at radius 1 is 1.06 bits per heavy atom. The Hall–Kier alpha value is -1.67. The third kappa shape index (κ3) is 1.56. The van der Waals surface area contributed by atoms with Crippen molar-refractivity contribution < 1.29 is 4.79 Å². The normalized spacial score (nSPS) is 17.7. The standard InChI is InChI=1S/C15H15NO/c16-15(9-4-10-15)14(17)13-8-3-6-11-5-1-2-7-12(11)13/h1-3,5-8H,4,9-10,16H2. The average molecular weight is 225 g/mol. The summed E-state index contributed by atoms with van der Waals surface area (Å²) in [6.45, 7) is 0. The summed E-state index contributed by atoms with van der Waals surface area (Å²) >= 11 is 0. The second kappa shape index (κ2) is 3.67. The first-order valence-corrected chi connectivity index (χ1v) is 6.02. The molecule has 17 heavy (non-hydrogen) atoms. The molecule has 1 aliphatic carbocycles. The zero-order valence-electron chi connectivity index (χ0n) is 9.65. The summed E-state index contributed by atoms with van der Waals surface area (Å²) in [4.78, 5) is 12.4. The first-order valence-electron chi connectivity index (χ1n) is 6.02. The maximum atomic E-state index is 12.4. The summed E-state index contributed by atoms with van der Waals surface area (Å²) in [6, 6.07) is 13.8. The van der Waals surface area contributed by atoms with Gasteiger partial charge in [-0.1, -0.05) is 42.5 Å². The van der Waals surface area contributed by atoms with Crippen LogP contribution in [0.15, 0.2) is 42.5 Å². The van der Waals surface area contributed by atoms with Gasteiger partial charge in [0.05, 0.1) is 5.54 Å². The lowest BCUT2D eigenvalue weighted by atomic mass is 9.72. The molecule has 2 aromatic rings. The molecule has 86 valence electrons. The zero-order chi connectivity index (χ0) is 11.9. The van der Waals surface area contributed by atoms with Crippen LogP contribution in [0, 0.1) is 0 Å². The Morgan fingerprint density at radius 3 is 2.47 bits per heavy atom. The van der Waals surface area contributed by atoms with Gasteiger partial charge in [-0.05, 0) is 30.0 Å². The molecule has 0 radical (unpaired) electrons. The Morgan fingerprint density at radius 2 is 1.76 bits per heavy atom. The van der Waals surface area contributed by atoms with E-state index in [2.05, 4.69) is 0 Å². The van der Waals surface area contributed by atoms with Gasteiger partial charge in [0.25, 0.3) is 0 Å². The summed E-state index contributed by atoms with van der Waals surface area (Å²) < 4.78 is 0. The van der Waals surface area contributed by atoms with Gasteiger partial charge in [0.15, 0.2) is 5.78 Å². The topological polar surface area (TPSA) is 43.1 Å². The smallest absolute Gasteiger partial charge is 0.183 e. The molecule has 0 bridgehead atoms. The maximum absolute atomic E-state index is 12.4. The molecule has 0 heterocycles. The van der Waals surface area contributed by atoms with Gasteiger partial charge in [0.1, 0.15) is 0 Å². The third-order valence-electron chi connectivity index (χ3n) is 3.73. The zero-order valence-corrected chi connectivity index (χ0v) is 9.65. The number of nitrogens with two attached hydrogens (primary N) is 1. The van der Waals surface area contributed by atoms with Crippen molar-refractivity contribution in [2.24, 2.45) is 5.73 Å². The molecule has 0 spiro atoms. The number of benzene rings is 2. The number of ketones is 1. The Bertz CT molecular complexity index is 579. The third-order valence-corrected chi connectivity index (χ3v) is 3.73. The van der Waals surface area contributed by atoms with E-state index < -0.39 is 5.54 Å². The fraction of sp³-hybridized carbons (Fsp3) is 0.267. The molecule has 0 saturated heterocycles. The Kier molecular flexibility index (Phi) is 2.26. The SMILES string of the molecule is NC1(C(=O)c2cccc3ccccc23)CCC1. The van der Waals surface area contributed by atoms with Crippen LogP contribution in [0.4, 0.5) is 0 Å². The predicted molar refractivity (Wildman–Crippen MR) is 69.0 cm³/mol. The molecular weight excluding hydrogens is 210 g/mol. The van der Waals surface area contributed by atoms with Crippen LogP contribution in [-0.4, -0.2) is 11.3 Å². The summed E-state index contributed by atoms with van der Waals surface area (Å²) in [5, 5.41) is 2.11. The van der Waals surface area contributed by atoms with Gasteiger partial charge in [-0.3, -0.25) is 4.79 Å². The van der Waals surface area contributed by atoms with Crippen molar-refractivity contribution in [3.8, 4) is 0 Å². The van der Waals surface area contributed by atoms with Crippen LogP contribution < -0.4 is 5.73 Å². The Balaban J connectivity index is 2.14. The first kappa shape index (κ1) is 10.5. The number of rotatable bonds is 2. The summed E-state index contributed by atoms with van der Waals surface area (Å²) in [7, 11) is 0. The molecule has 0 unspecified atom stereocenters. The van der Waals surface area contributed by atoms with E-state index in [1.54, 1.807) is 0 Å². The molecule has 0 amide bonds. The number of hydrogen-bond donors (Lipinski definition) is 1. The largest absolute Gasteiger partial charge is 0.319 e. The van der Waals surface area contributed by atoms with Crippen molar-refractivity contribution in [1.29, 1.82) is 0 Å². The molecule has 2 N–H and O–H groups in total. The van der Waals surface area contributed by atoms with Crippen molar-refractivity contribution in [1.82, 2.24) is 0 Å². The molecule has 0 aliphatic heterocycles. The molecule has 1 saturated carbocycles. The van der Waals surface area contributed by atoms with Gasteiger partial charge in [0.2, 0.25) is 0 Å². The van der Waals surface area contributed by atoms with E-state index in [0.717, 1.165) is 35.6 Å². The lowest BCUT2D eigenvalue weighted by Gasteiger charge is -2.36. The number of carbonyl (C=O) groups is 1. The van der Waals surface area contributed by atoms with Gasteiger partial charge in [-0.2, -0.15) is 0 Å². The van der Waals surface area contributed by atoms with Crippen molar-refractivity contribution in [2.75, 3.05) is 0 Å². The van der Waals surface area contributed by atoms with E-state index in [0.29, 0.717) is 0 Å². The monoisotopic (exact) mass is 225 g/mol. The van der Waals surface area contributed by atoms with Crippen molar-refractivity contribution in [3.63, 3.8) is 0 Å². The van der Waals surface area contributed by atoms with Crippen LogP contribution in [0.25, 0.3) is 10.8 Å². The van der Waals surface area contributed by atoms with Crippen LogP contribution >= 0.6 is 0 Å². The van der Waals surface area contributed by atoms with Crippen molar-refractivity contribution in [2.45, 2.75) is 24.8 Å². The van der Waals surface area contributed by atoms with E-state index in [4.69, 9.17) is 5.73 Å². The van der Waals surface area contributed by atoms with Crippen LogP contribution in [-0.2, 0) is 0 Å². The quantitative estimate of drug-likeness (QED) is 0.798. The highest BCUT2D eigenvalue weighted by molar-refractivity contribution is 6.12. The van der Waals surface area contributed by atoms with E-state index in [9.17, 15) is 4.79 Å². The van der Waals surface area contributed by atoms with Gasteiger partial charge < -0.3 is 5.73 Å². The molecular formula is C15H15NO. The predicted octanol–water partition coefficient (Wildman–Crippen LogP) is 2.90. The fourth-order valence-electron chi connectivity index (χ4n) is 2.48. The molecule has 2 heteroatoms. The van der Waals surface area contributed by atoms with Gasteiger partial charge in [-0.15, -0.1) is 0 Å². The van der Waals surface area contributed by atoms with Crippen molar-refractivity contribution in [3.05, 3.63) is 48.0 Å². The highest BCUT2D eigenvalue weighted by Crippen LogP contribution is 2.34. The first-order chi connectivity index (χ1) is 8.21. The summed E-state index contributed by atoms with van der Waals surface area (Å²) in [6.07, 6.45) is 2.69. The van der Waals surface area contributed by atoms with Gasteiger partial charge in [0, 0.05) is 5.56 Å². The van der Waals surface area contributed by atoms with E-state index >= 15 is 0 Å². The highest BCUT2D eigenvalue weighted by Gasteiger charge is 2.40. The molecule has 0 atom stereocenters. The minimum Gasteiger partial charge on any atom is -0.319 e. The number of carbonyl (C=O) groups excluding carboxylic acids is 1. The molecule has 1 aliphatic rings. The van der Waals surface area contributed by atoms with Gasteiger partial charge in [-0.25, -0.2) is 0 Å². The van der Waals surface area contributed by atoms with Crippen LogP contribution in [0.1, 0.15) is 29.6 Å². The lowest BCUT2D eigenvalue weighted by Crippen LogP contribution is -2.53. The minimum atomic E-state index is -0.607. The molecule has 2 aromatic carbocycles. The number of fused-ring (bicyclic) bond motifs is 1. The average Bonchev–Trinajstić information content (AvgIpc) is 2.34. The molecule has 1 fully saturated rings.